The zero-order chi connectivity index (χ0) is 12.3. The Hall–Kier alpha value is -1.97. The second kappa shape index (κ2) is 4.91. The maximum Gasteiger partial charge on any atom is 0.243 e. The molecule has 0 aliphatic carbocycles. The fraction of sp³-hybridized carbons (Fsp3) is 0.308. The fourth-order valence-corrected chi connectivity index (χ4v) is 1.93. The summed E-state index contributed by atoms with van der Waals surface area (Å²) in [7, 11) is 2.02. The van der Waals surface area contributed by atoms with Crippen molar-refractivity contribution in [3.8, 4) is 0 Å². The van der Waals surface area contributed by atoms with Gasteiger partial charge in [-0.1, -0.05) is 0 Å². The van der Waals surface area contributed by atoms with Crippen LogP contribution in [0.5, 0.6) is 0 Å². The van der Waals surface area contributed by atoms with Crippen LogP contribution in [0.3, 0.4) is 0 Å². The first-order valence-electron chi connectivity index (χ1n) is 5.80. The molecule has 0 radical (unpaired) electrons. The molecule has 0 saturated heterocycles. The van der Waals surface area contributed by atoms with Gasteiger partial charge in [0.2, 0.25) is 6.33 Å². The van der Waals surface area contributed by atoms with Crippen molar-refractivity contribution in [2.75, 3.05) is 11.5 Å². The van der Waals surface area contributed by atoms with Crippen molar-refractivity contribution in [3.05, 3.63) is 42.5 Å². The fourth-order valence-electron chi connectivity index (χ4n) is 1.93. The van der Waals surface area contributed by atoms with E-state index in [4.69, 9.17) is 11.5 Å². The van der Waals surface area contributed by atoms with E-state index in [1.165, 1.54) is 0 Å². The van der Waals surface area contributed by atoms with Gasteiger partial charge in [0.05, 0.1) is 13.6 Å². The van der Waals surface area contributed by atoms with Crippen LogP contribution < -0.4 is 16.0 Å². The molecule has 0 amide bonds. The molecule has 1 heterocycles. The monoisotopic (exact) mass is 231 g/mol. The van der Waals surface area contributed by atoms with Gasteiger partial charge >= 0.3 is 0 Å². The minimum absolute atomic E-state index is 0.779. The molecule has 4 N–H and O–H groups in total. The lowest BCUT2D eigenvalue weighted by Gasteiger charge is -2.05. The number of hydrogen-bond acceptors (Lipinski definition) is 2. The average Bonchev–Trinajstić information content (AvgIpc) is 2.69. The van der Waals surface area contributed by atoms with E-state index in [2.05, 4.69) is 17.1 Å². The average molecular weight is 231 g/mol. The Morgan fingerprint density at radius 1 is 1.29 bits per heavy atom. The van der Waals surface area contributed by atoms with E-state index in [0.29, 0.717) is 0 Å². The number of rotatable bonds is 4. The second-order valence-corrected chi connectivity index (χ2v) is 4.38. The molecule has 0 fully saturated rings. The molecule has 0 atom stereocenters. The van der Waals surface area contributed by atoms with Crippen LogP contribution >= 0.6 is 0 Å². The highest BCUT2D eigenvalue weighted by Crippen LogP contribution is 2.17. The van der Waals surface area contributed by atoms with Crippen LogP contribution in [0.15, 0.2) is 36.9 Å². The van der Waals surface area contributed by atoms with Crippen molar-refractivity contribution < 1.29 is 4.57 Å². The number of hydrogen-bond donors (Lipinski definition) is 2. The number of nitrogen functional groups attached to an aromatic ring is 2. The van der Waals surface area contributed by atoms with Crippen molar-refractivity contribution in [1.29, 1.82) is 0 Å². The van der Waals surface area contributed by atoms with Crippen LogP contribution in [0.25, 0.3) is 0 Å². The molecular weight excluding hydrogens is 212 g/mol. The molecule has 2 rings (SSSR count). The summed E-state index contributed by atoms with van der Waals surface area (Å²) in [6.45, 7) is 0.995. The highest BCUT2D eigenvalue weighted by atomic mass is 15.1. The third-order valence-electron chi connectivity index (χ3n) is 2.85. The summed E-state index contributed by atoms with van der Waals surface area (Å²) in [6.07, 6.45) is 8.20. The molecule has 0 unspecified atom stereocenters. The van der Waals surface area contributed by atoms with Crippen molar-refractivity contribution >= 4 is 11.4 Å². The van der Waals surface area contributed by atoms with Crippen molar-refractivity contribution in [1.82, 2.24) is 4.57 Å². The van der Waals surface area contributed by atoms with Crippen LogP contribution in [0, 0.1) is 0 Å². The summed E-state index contributed by atoms with van der Waals surface area (Å²) in [5.41, 5.74) is 14.4. The van der Waals surface area contributed by atoms with Gasteiger partial charge in [-0.3, -0.25) is 0 Å². The first-order valence-corrected chi connectivity index (χ1v) is 5.80. The van der Waals surface area contributed by atoms with Crippen LogP contribution in [-0.2, 0) is 20.0 Å². The van der Waals surface area contributed by atoms with E-state index >= 15 is 0 Å². The number of benzene rings is 1. The standard InChI is InChI=1S/C13H19N4/c1-16-7-8-17(10-16)6-2-3-11-9-12(14)4-5-13(11)15/h4-5,7-10H,2-3,6,14-15H2,1H3/q+1. The quantitative estimate of drug-likeness (QED) is 0.611. The molecule has 4 heteroatoms. The first-order chi connectivity index (χ1) is 8.15. The first kappa shape index (κ1) is 11.5. The molecular formula is C13H19N4+. The largest absolute Gasteiger partial charge is 0.399 e. The zero-order valence-electron chi connectivity index (χ0n) is 10.1. The van der Waals surface area contributed by atoms with Gasteiger partial charge in [0.1, 0.15) is 12.4 Å². The molecule has 0 spiro atoms. The summed E-state index contributed by atoms with van der Waals surface area (Å²) in [5.74, 6) is 0. The predicted octanol–water partition coefficient (Wildman–Crippen LogP) is 1.11. The molecule has 0 aliphatic heterocycles. The molecule has 1 aromatic heterocycles. The van der Waals surface area contributed by atoms with Crippen LogP contribution in [-0.4, -0.2) is 4.57 Å². The van der Waals surface area contributed by atoms with Gasteiger partial charge in [-0.2, -0.15) is 0 Å². The molecule has 0 aliphatic rings. The van der Waals surface area contributed by atoms with Gasteiger partial charge < -0.3 is 11.5 Å². The number of nitrogens with zero attached hydrogens (tertiary/aromatic N) is 2. The number of nitrogens with two attached hydrogens (primary N) is 2. The summed E-state index contributed by atoms with van der Waals surface area (Å²) >= 11 is 0. The highest BCUT2D eigenvalue weighted by Gasteiger charge is 2.03. The van der Waals surface area contributed by atoms with Gasteiger partial charge in [-0.05, 0) is 36.6 Å². The molecule has 2 aromatic rings. The summed E-state index contributed by atoms with van der Waals surface area (Å²) < 4.78 is 4.21. The van der Waals surface area contributed by atoms with E-state index in [0.717, 1.165) is 36.3 Å². The van der Waals surface area contributed by atoms with Gasteiger partial charge in [-0.25, -0.2) is 9.13 Å². The minimum atomic E-state index is 0.779. The SMILES string of the molecule is C[n+]1ccn(CCCc2cc(N)ccc2N)c1. The van der Waals surface area contributed by atoms with Gasteiger partial charge in [0, 0.05) is 11.4 Å². The molecule has 17 heavy (non-hydrogen) atoms. The normalized spacial score (nSPS) is 10.6. The molecule has 0 bridgehead atoms. The van der Waals surface area contributed by atoms with Crippen molar-refractivity contribution in [3.63, 3.8) is 0 Å². The molecule has 4 nitrogen and oxygen atoms in total. The Bertz CT molecular complexity index is 502. The van der Waals surface area contributed by atoms with Crippen LogP contribution in [0.1, 0.15) is 12.0 Å². The van der Waals surface area contributed by atoms with E-state index in [1.807, 2.05) is 36.0 Å². The topological polar surface area (TPSA) is 60.8 Å². The number of imidazole rings is 1. The second-order valence-electron chi connectivity index (χ2n) is 4.38. The van der Waals surface area contributed by atoms with Crippen molar-refractivity contribution in [2.24, 2.45) is 7.05 Å². The lowest BCUT2D eigenvalue weighted by atomic mass is 10.1. The maximum absolute atomic E-state index is 5.91. The Labute approximate surface area is 101 Å². The number of aryl methyl sites for hydroxylation is 3. The summed E-state index contributed by atoms with van der Waals surface area (Å²) in [4.78, 5) is 0. The van der Waals surface area contributed by atoms with Gasteiger partial charge in [-0.15, -0.1) is 0 Å². The Kier molecular flexibility index (Phi) is 3.32. The van der Waals surface area contributed by atoms with E-state index in [1.54, 1.807) is 0 Å². The lowest BCUT2D eigenvalue weighted by molar-refractivity contribution is -0.671. The summed E-state index contributed by atoms with van der Waals surface area (Å²) in [6, 6.07) is 5.68. The third-order valence-corrected chi connectivity index (χ3v) is 2.85. The third kappa shape index (κ3) is 3.00. The lowest BCUT2D eigenvalue weighted by Crippen LogP contribution is -2.23. The highest BCUT2D eigenvalue weighted by molar-refractivity contribution is 5.55. The number of aromatic nitrogens is 2. The smallest absolute Gasteiger partial charge is 0.243 e. The van der Waals surface area contributed by atoms with E-state index in [9.17, 15) is 0 Å². The van der Waals surface area contributed by atoms with Crippen LogP contribution in [0.4, 0.5) is 11.4 Å². The molecule has 90 valence electrons. The van der Waals surface area contributed by atoms with Gasteiger partial charge in [0.15, 0.2) is 0 Å². The predicted molar refractivity (Wildman–Crippen MR) is 69.2 cm³/mol. The van der Waals surface area contributed by atoms with E-state index < -0.39 is 0 Å². The zero-order valence-corrected chi connectivity index (χ0v) is 10.1. The van der Waals surface area contributed by atoms with Crippen molar-refractivity contribution in [2.45, 2.75) is 19.4 Å². The minimum Gasteiger partial charge on any atom is -0.399 e. The number of anilines is 2. The Balaban J connectivity index is 1.91. The Morgan fingerprint density at radius 3 is 2.82 bits per heavy atom. The molecule has 0 saturated carbocycles. The molecule has 1 aromatic carbocycles. The van der Waals surface area contributed by atoms with Gasteiger partial charge in [0.25, 0.3) is 0 Å². The Morgan fingerprint density at radius 2 is 2.12 bits per heavy atom. The van der Waals surface area contributed by atoms with Crippen LogP contribution in [0.2, 0.25) is 0 Å². The maximum atomic E-state index is 5.91. The summed E-state index contributed by atoms with van der Waals surface area (Å²) in [5, 5.41) is 0. The van der Waals surface area contributed by atoms with E-state index in [-0.39, 0.29) is 0 Å².